The summed E-state index contributed by atoms with van der Waals surface area (Å²) in [5.74, 6) is 1.10. The summed E-state index contributed by atoms with van der Waals surface area (Å²) in [4.78, 5) is 11.9. The number of amides is 1. The van der Waals surface area contributed by atoms with E-state index in [-0.39, 0.29) is 6.61 Å². The molecule has 4 nitrogen and oxygen atoms in total. The first-order chi connectivity index (χ1) is 12.4. The number of carbonyl (C=O) groups is 1. The normalized spacial score (nSPS) is 10.9. The highest BCUT2D eigenvalue weighted by Gasteiger charge is 2.18. The van der Waals surface area contributed by atoms with E-state index in [1.54, 1.807) is 6.26 Å². The minimum atomic E-state index is -0.421. The third-order valence-electron chi connectivity index (χ3n) is 4.38. The summed E-state index contributed by atoms with van der Waals surface area (Å²) in [5, 5.41) is 10.6. The average Bonchev–Trinajstić information content (AvgIpc) is 2.65. The van der Waals surface area contributed by atoms with Crippen molar-refractivity contribution in [3.05, 3.63) is 58.7 Å². The molecule has 2 aromatic rings. The van der Waals surface area contributed by atoms with Crippen LogP contribution in [-0.2, 0) is 13.0 Å². The van der Waals surface area contributed by atoms with Gasteiger partial charge in [0.25, 0.3) is 0 Å². The Labute approximate surface area is 160 Å². The molecule has 0 aliphatic carbocycles. The highest BCUT2D eigenvalue weighted by atomic mass is 32.2. The standard InChI is InChI=1S/C21H27NO3S/c1-6-16-7-10-20(15(4)11-16)25-13-18-9-8-17(14(2)3)12-19(18)22(24)21(23)26-5/h7-12,14,24H,6,13H2,1-5H3. The lowest BCUT2D eigenvalue weighted by molar-refractivity contribution is 0.223. The minimum absolute atomic E-state index is 0.277. The number of hydrogen-bond acceptors (Lipinski definition) is 4. The van der Waals surface area contributed by atoms with Gasteiger partial charge in [0.05, 0.1) is 5.69 Å². The van der Waals surface area contributed by atoms with Crippen LogP contribution in [0, 0.1) is 6.92 Å². The van der Waals surface area contributed by atoms with Crippen LogP contribution < -0.4 is 9.80 Å². The van der Waals surface area contributed by atoms with E-state index in [4.69, 9.17) is 4.74 Å². The molecular weight excluding hydrogens is 346 g/mol. The number of benzene rings is 2. The van der Waals surface area contributed by atoms with Gasteiger partial charge in [-0.3, -0.25) is 10.0 Å². The van der Waals surface area contributed by atoms with E-state index >= 15 is 0 Å². The number of hydroxylamine groups is 1. The summed E-state index contributed by atoms with van der Waals surface area (Å²) in [5.41, 5.74) is 4.63. The van der Waals surface area contributed by atoms with Crippen LogP contribution in [0.15, 0.2) is 36.4 Å². The van der Waals surface area contributed by atoms with Crippen molar-refractivity contribution in [1.82, 2.24) is 0 Å². The number of ether oxygens (including phenoxy) is 1. The number of aryl methyl sites for hydroxylation is 2. The molecule has 2 aromatic carbocycles. The molecule has 0 saturated carbocycles. The number of carbonyl (C=O) groups excluding carboxylic acids is 1. The molecule has 2 rings (SSSR count). The minimum Gasteiger partial charge on any atom is -0.489 e. The van der Waals surface area contributed by atoms with Gasteiger partial charge in [-0.2, -0.15) is 5.06 Å². The van der Waals surface area contributed by atoms with Crippen LogP contribution in [0.4, 0.5) is 10.5 Å². The molecule has 1 amide bonds. The Balaban J connectivity index is 2.29. The molecule has 0 atom stereocenters. The molecule has 0 heterocycles. The van der Waals surface area contributed by atoms with E-state index in [0.717, 1.165) is 40.6 Å². The molecule has 0 aromatic heterocycles. The molecule has 1 N–H and O–H groups in total. The average molecular weight is 374 g/mol. The van der Waals surface area contributed by atoms with Crippen molar-refractivity contribution < 1.29 is 14.7 Å². The van der Waals surface area contributed by atoms with Gasteiger partial charge in [-0.15, -0.1) is 0 Å². The van der Waals surface area contributed by atoms with Gasteiger partial charge in [-0.05, 0) is 54.3 Å². The fourth-order valence-electron chi connectivity index (χ4n) is 2.69. The third kappa shape index (κ3) is 4.80. The summed E-state index contributed by atoms with van der Waals surface area (Å²) >= 11 is 0.968. The van der Waals surface area contributed by atoms with Crippen LogP contribution in [0.3, 0.4) is 0 Å². The van der Waals surface area contributed by atoms with Crippen molar-refractivity contribution in [1.29, 1.82) is 0 Å². The fourth-order valence-corrected chi connectivity index (χ4v) is 2.96. The van der Waals surface area contributed by atoms with Crippen LogP contribution in [0.25, 0.3) is 0 Å². The highest BCUT2D eigenvalue weighted by molar-refractivity contribution is 8.13. The number of thioether (sulfide) groups is 1. The Hall–Kier alpha value is -1.98. The van der Waals surface area contributed by atoms with Crippen LogP contribution in [0.2, 0.25) is 0 Å². The van der Waals surface area contributed by atoms with Crippen LogP contribution in [0.1, 0.15) is 48.9 Å². The van der Waals surface area contributed by atoms with Crippen molar-refractivity contribution in [2.75, 3.05) is 11.3 Å². The topological polar surface area (TPSA) is 49.8 Å². The maximum atomic E-state index is 11.9. The number of nitrogens with zero attached hydrogens (tertiary/aromatic N) is 1. The summed E-state index contributed by atoms with van der Waals surface area (Å²) in [6.45, 7) is 8.57. The van der Waals surface area contributed by atoms with E-state index in [9.17, 15) is 10.0 Å². The zero-order chi connectivity index (χ0) is 19.3. The predicted octanol–water partition coefficient (Wildman–Crippen LogP) is 5.94. The van der Waals surface area contributed by atoms with Gasteiger partial charge in [0.2, 0.25) is 0 Å². The second-order valence-electron chi connectivity index (χ2n) is 6.57. The molecular formula is C21H27NO3S. The Kier molecular flexibility index (Phi) is 7.12. The predicted molar refractivity (Wildman–Crippen MR) is 109 cm³/mol. The van der Waals surface area contributed by atoms with Crippen molar-refractivity contribution >= 4 is 22.7 Å². The Morgan fingerprint density at radius 2 is 1.96 bits per heavy atom. The number of rotatable bonds is 6. The first kappa shape index (κ1) is 20.3. The van der Waals surface area contributed by atoms with Crippen molar-refractivity contribution in [3.63, 3.8) is 0 Å². The van der Waals surface area contributed by atoms with Crippen LogP contribution in [0.5, 0.6) is 5.75 Å². The maximum Gasteiger partial charge on any atom is 0.309 e. The van der Waals surface area contributed by atoms with E-state index in [1.807, 2.05) is 31.2 Å². The Morgan fingerprint density at radius 1 is 1.23 bits per heavy atom. The molecule has 0 aliphatic rings. The third-order valence-corrected chi connectivity index (χ3v) is 4.90. The quantitative estimate of drug-likeness (QED) is 0.503. The zero-order valence-corrected chi connectivity index (χ0v) is 16.9. The molecule has 0 saturated heterocycles. The summed E-state index contributed by atoms with van der Waals surface area (Å²) in [6, 6.07) is 11.9. The summed E-state index contributed by atoms with van der Waals surface area (Å²) < 4.78 is 5.97. The van der Waals surface area contributed by atoms with E-state index < -0.39 is 5.24 Å². The van der Waals surface area contributed by atoms with E-state index in [1.165, 1.54) is 5.56 Å². The van der Waals surface area contributed by atoms with Gasteiger partial charge >= 0.3 is 5.24 Å². The van der Waals surface area contributed by atoms with Crippen molar-refractivity contribution in [2.45, 2.75) is 46.6 Å². The first-order valence-electron chi connectivity index (χ1n) is 8.79. The van der Waals surface area contributed by atoms with E-state index in [2.05, 4.69) is 32.9 Å². The molecule has 5 heteroatoms. The zero-order valence-electron chi connectivity index (χ0n) is 16.1. The maximum absolute atomic E-state index is 11.9. The summed E-state index contributed by atoms with van der Waals surface area (Å²) in [6.07, 6.45) is 2.63. The second kappa shape index (κ2) is 9.10. The van der Waals surface area contributed by atoms with Crippen LogP contribution in [-0.4, -0.2) is 16.7 Å². The lowest BCUT2D eigenvalue weighted by Gasteiger charge is -2.20. The van der Waals surface area contributed by atoms with Gasteiger partial charge in [0.1, 0.15) is 12.4 Å². The molecule has 0 fully saturated rings. The van der Waals surface area contributed by atoms with Crippen molar-refractivity contribution in [3.8, 4) is 5.75 Å². The lowest BCUT2D eigenvalue weighted by atomic mass is 10.0. The highest BCUT2D eigenvalue weighted by Crippen LogP contribution is 2.29. The van der Waals surface area contributed by atoms with Gasteiger partial charge in [-0.25, -0.2) is 0 Å². The number of hydrogen-bond donors (Lipinski definition) is 1. The summed E-state index contributed by atoms with van der Waals surface area (Å²) in [7, 11) is 0. The molecule has 140 valence electrons. The van der Waals surface area contributed by atoms with Crippen LogP contribution >= 0.6 is 11.8 Å². The van der Waals surface area contributed by atoms with Gasteiger partial charge < -0.3 is 4.74 Å². The largest absolute Gasteiger partial charge is 0.489 e. The van der Waals surface area contributed by atoms with E-state index in [0.29, 0.717) is 16.7 Å². The molecule has 0 bridgehead atoms. The van der Waals surface area contributed by atoms with Crippen molar-refractivity contribution in [2.24, 2.45) is 0 Å². The Bertz CT molecular complexity index is 774. The molecule has 26 heavy (non-hydrogen) atoms. The lowest BCUT2D eigenvalue weighted by Crippen LogP contribution is -2.24. The molecule has 0 aliphatic heterocycles. The number of anilines is 1. The second-order valence-corrected chi connectivity index (χ2v) is 7.32. The molecule has 0 unspecified atom stereocenters. The smallest absolute Gasteiger partial charge is 0.309 e. The SMILES string of the molecule is CCc1ccc(OCc2ccc(C(C)C)cc2N(O)C(=O)SC)c(C)c1. The Morgan fingerprint density at radius 3 is 2.54 bits per heavy atom. The first-order valence-corrected chi connectivity index (χ1v) is 10.0. The molecule has 0 spiro atoms. The fraction of sp³-hybridized carbons (Fsp3) is 0.381. The molecule has 0 radical (unpaired) electrons. The van der Waals surface area contributed by atoms with Gasteiger partial charge in [0, 0.05) is 5.56 Å². The monoisotopic (exact) mass is 373 g/mol. The van der Waals surface area contributed by atoms with Gasteiger partial charge in [-0.1, -0.05) is 56.8 Å². The van der Waals surface area contributed by atoms with Gasteiger partial charge in [0.15, 0.2) is 0 Å².